The number of nitrogens with one attached hydrogen (secondary N) is 1. The molecular weight excluding hydrogens is 184 g/mol. The molecule has 0 aromatic carbocycles. The number of nitrogens with zero attached hydrogens (tertiary/aromatic N) is 1. The second-order valence-electron chi connectivity index (χ2n) is 3.44. The highest BCUT2D eigenvalue weighted by Crippen LogP contribution is 2.35. The predicted molar refractivity (Wildman–Crippen MR) is 55.7 cm³/mol. The Labute approximate surface area is 81.5 Å². The van der Waals surface area contributed by atoms with Crippen molar-refractivity contribution < 1.29 is 4.42 Å². The summed E-state index contributed by atoms with van der Waals surface area (Å²) in [6.07, 6.45) is 1.77. The zero-order chi connectivity index (χ0) is 8.67. The molecule has 2 aliphatic rings. The average Bonchev–Trinajstić information content (AvgIpc) is 2.65. The molecule has 1 atom stereocenters. The highest BCUT2D eigenvalue weighted by Gasteiger charge is 2.29. The van der Waals surface area contributed by atoms with E-state index in [-0.39, 0.29) is 0 Å². The van der Waals surface area contributed by atoms with E-state index >= 15 is 0 Å². The van der Waals surface area contributed by atoms with Crippen LogP contribution in [0.3, 0.4) is 0 Å². The summed E-state index contributed by atoms with van der Waals surface area (Å²) in [7, 11) is 0. The molecule has 1 unspecified atom stereocenters. The standard InChI is InChI=1S/C9H12N2OS/c1-3-12-9-8(1)11-2-4-13-6-7(11)5-10-9/h1,3,7,10H,2,4-6H2. The number of furan rings is 1. The Morgan fingerprint density at radius 2 is 2.62 bits per heavy atom. The molecule has 3 heterocycles. The summed E-state index contributed by atoms with van der Waals surface area (Å²) in [4.78, 5) is 2.46. The molecule has 2 aliphatic heterocycles. The third-order valence-corrected chi connectivity index (χ3v) is 3.77. The van der Waals surface area contributed by atoms with Gasteiger partial charge < -0.3 is 14.6 Å². The molecule has 3 nitrogen and oxygen atoms in total. The zero-order valence-corrected chi connectivity index (χ0v) is 8.14. The van der Waals surface area contributed by atoms with Crippen molar-refractivity contribution >= 4 is 23.3 Å². The molecule has 13 heavy (non-hydrogen) atoms. The van der Waals surface area contributed by atoms with Crippen molar-refractivity contribution in [2.24, 2.45) is 0 Å². The van der Waals surface area contributed by atoms with Gasteiger partial charge in [-0.1, -0.05) is 0 Å². The summed E-state index contributed by atoms with van der Waals surface area (Å²) in [6, 6.07) is 2.72. The molecule has 0 saturated carbocycles. The van der Waals surface area contributed by atoms with Gasteiger partial charge in [0.1, 0.15) is 5.69 Å². The molecule has 0 spiro atoms. The number of fused-ring (bicyclic) bond motifs is 3. The maximum absolute atomic E-state index is 5.35. The minimum Gasteiger partial charge on any atom is -0.447 e. The molecule has 1 aromatic rings. The van der Waals surface area contributed by atoms with Crippen LogP contribution in [0.15, 0.2) is 16.7 Å². The molecule has 0 aliphatic carbocycles. The van der Waals surface area contributed by atoms with Crippen molar-refractivity contribution in [2.75, 3.05) is 34.8 Å². The highest BCUT2D eigenvalue weighted by molar-refractivity contribution is 7.99. The lowest BCUT2D eigenvalue weighted by molar-refractivity contribution is 0.556. The molecule has 0 radical (unpaired) electrons. The van der Waals surface area contributed by atoms with E-state index in [9.17, 15) is 0 Å². The van der Waals surface area contributed by atoms with Gasteiger partial charge in [-0.05, 0) is 0 Å². The molecule has 0 amide bonds. The quantitative estimate of drug-likeness (QED) is 0.682. The van der Waals surface area contributed by atoms with E-state index in [0.29, 0.717) is 6.04 Å². The van der Waals surface area contributed by atoms with E-state index in [4.69, 9.17) is 4.42 Å². The second-order valence-corrected chi connectivity index (χ2v) is 4.59. The van der Waals surface area contributed by atoms with E-state index in [1.54, 1.807) is 6.26 Å². The first-order valence-corrected chi connectivity index (χ1v) is 5.76. The first-order valence-electron chi connectivity index (χ1n) is 4.61. The molecule has 1 aromatic heterocycles. The van der Waals surface area contributed by atoms with Gasteiger partial charge in [-0.2, -0.15) is 11.8 Å². The Balaban J connectivity index is 1.97. The van der Waals surface area contributed by atoms with Crippen molar-refractivity contribution in [3.63, 3.8) is 0 Å². The summed E-state index contributed by atoms with van der Waals surface area (Å²) in [5.74, 6) is 3.42. The molecule has 70 valence electrons. The molecule has 0 bridgehead atoms. The summed E-state index contributed by atoms with van der Waals surface area (Å²) in [6.45, 7) is 2.18. The van der Waals surface area contributed by atoms with Gasteiger partial charge in [0.15, 0.2) is 0 Å². The number of hydrogen-bond acceptors (Lipinski definition) is 4. The van der Waals surface area contributed by atoms with Crippen LogP contribution in [-0.4, -0.2) is 30.6 Å². The van der Waals surface area contributed by atoms with Crippen molar-refractivity contribution in [1.29, 1.82) is 0 Å². The Hall–Kier alpha value is -0.770. The topological polar surface area (TPSA) is 28.4 Å². The zero-order valence-electron chi connectivity index (χ0n) is 7.32. The SMILES string of the molecule is c1cc2c(o1)NCC1CSCCN21. The highest BCUT2D eigenvalue weighted by atomic mass is 32.2. The summed E-state index contributed by atoms with van der Waals surface area (Å²) < 4.78 is 5.35. The summed E-state index contributed by atoms with van der Waals surface area (Å²) >= 11 is 2.05. The van der Waals surface area contributed by atoms with Gasteiger partial charge in [-0.3, -0.25) is 0 Å². The van der Waals surface area contributed by atoms with Crippen LogP contribution < -0.4 is 10.2 Å². The average molecular weight is 196 g/mol. The summed E-state index contributed by atoms with van der Waals surface area (Å²) in [5.41, 5.74) is 1.25. The number of rotatable bonds is 0. The van der Waals surface area contributed by atoms with Crippen LogP contribution >= 0.6 is 11.8 Å². The second kappa shape index (κ2) is 2.87. The van der Waals surface area contributed by atoms with Gasteiger partial charge in [0.25, 0.3) is 0 Å². The molecule has 4 heteroatoms. The van der Waals surface area contributed by atoms with Crippen LogP contribution in [-0.2, 0) is 0 Å². The largest absolute Gasteiger partial charge is 0.447 e. The maximum atomic E-state index is 5.35. The van der Waals surface area contributed by atoms with Crippen LogP contribution in [0, 0.1) is 0 Å². The van der Waals surface area contributed by atoms with Crippen LogP contribution in [0.25, 0.3) is 0 Å². The van der Waals surface area contributed by atoms with Crippen molar-refractivity contribution in [3.05, 3.63) is 12.3 Å². The van der Waals surface area contributed by atoms with E-state index in [2.05, 4.69) is 16.3 Å². The van der Waals surface area contributed by atoms with E-state index in [1.165, 1.54) is 17.2 Å². The monoisotopic (exact) mass is 196 g/mol. The molecule has 1 saturated heterocycles. The van der Waals surface area contributed by atoms with Gasteiger partial charge in [-0.15, -0.1) is 0 Å². The fourth-order valence-corrected chi connectivity index (χ4v) is 3.07. The Morgan fingerprint density at radius 1 is 1.62 bits per heavy atom. The Morgan fingerprint density at radius 3 is 3.62 bits per heavy atom. The van der Waals surface area contributed by atoms with Gasteiger partial charge in [0, 0.05) is 30.7 Å². The predicted octanol–water partition coefficient (Wildman–Crippen LogP) is 1.63. The number of hydrogen-bond donors (Lipinski definition) is 1. The van der Waals surface area contributed by atoms with Crippen LogP contribution in [0.2, 0.25) is 0 Å². The number of anilines is 2. The van der Waals surface area contributed by atoms with Gasteiger partial charge in [0.05, 0.1) is 12.3 Å². The lowest BCUT2D eigenvalue weighted by atomic mass is 10.2. The van der Waals surface area contributed by atoms with Crippen molar-refractivity contribution in [1.82, 2.24) is 0 Å². The van der Waals surface area contributed by atoms with Crippen LogP contribution in [0.5, 0.6) is 0 Å². The summed E-state index contributed by atoms with van der Waals surface area (Å²) in [5, 5.41) is 3.32. The van der Waals surface area contributed by atoms with Crippen molar-refractivity contribution in [3.8, 4) is 0 Å². The third kappa shape index (κ3) is 1.12. The minimum absolute atomic E-state index is 0.656. The molecule has 3 rings (SSSR count). The number of thioether (sulfide) groups is 1. The first kappa shape index (κ1) is 7.62. The third-order valence-electron chi connectivity index (χ3n) is 2.68. The van der Waals surface area contributed by atoms with Crippen LogP contribution in [0.4, 0.5) is 11.6 Å². The lowest BCUT2D eigenvalue weighted by Gasteiger charge is -2.39. The maximum Gasteiger partial charge on any atom is 0.216 e. The van der Waals surface area contributed by atoms with Gasteiger partial charge in [0.2, 0.25) is 5.88 Å². The van der Waals surface area contributed by atoms with Gasteiger partial charge >= 0.3 is 0 Å². The molecule has 1 fully saturated rings. The fraction of sp³-hybridized carbons (Fsp3) is 0.556. The van der Waals surface area contributed by atoms with Gasteiger partial charge in [-0.25, -0.2) is 0 Å². The fourth-order valence-electron chi connectivity index (χ4n) is 2.01. The van der Waals surface area contributed by atoms with E-state index in [1.807, 2.05) is 11.8 Å². The Bertz CT molecular complexity index is 312. The lowest BCUT2D eigenvalue weighted by Crippen LogP contribution is -2.49. The Kier molecular flexibility index (Phi) is 1.68. The molecule has 1 N–H and O–H groups in total. The molecular formula is C9H12N2OS. The van der Waals surface area contributed by atoms with E-state index < -0.39 is 0 Å². The van der Waals surface area contributed by atoms with Crippen molar-refractivity contribution in [2.45, 2.75) is 6.04 Å². The smallest absolute Gasteiger partial charge is 0.216 e. The van der Waals surface area contributed by atoms with E-state index in [0.717, 1.165) is 19.0 Å². The normalized spacial score (nSPS) is 26.2. The first-order chi connectivity index (χ1) is 6.45. The van der Waals surface area contributed by atoms with Crippen LogP contribution in [0.1, 0.15) is 0 Å². The minimum atomic E-state index is 0.656.